The molecule has 0 aliphatic carbocycles. The van der Waals surface area contributed by atoms with Crippen molar-refractivity contribution in [3.63, 3.8) is 0 Å². The zero-order valence-corrected chi connectivity index (χ0v) is 16.2. The van der Waals surface area contributed by atoms with Crippen molar-refractivity contribution in [2.45, 2.75) is 6.61 Å². The van der Waals surface area contributed by atoms with E-state index in [1.807, 2.05) is 54.6 Å². The predicted octanol–water partition coefficient (Wildman–Crippen LogP) is 6.03. The van der Waals surface area contributed by atoms with Gasteiger partial charge in [0.25, 0.3) is 0 Å². The molecule has 0 aliphatic rings. The maximum Gasteiger partial charge on any atom is 0.161 e. The predicted molar refractivity (Wildman–Crippen MR) is 111 cm³/mol. The van der Waals surface area contributed by atoms with Crippen LogP contribution in [0.15, 0.2) is 71.8 Å². The molecule has 0 bridgehead atoms. The van der Waals surface area contributed by atoms with Crippen molar-refractivity contribution < 1.29 is 9.47 Å². The Morgan fingerprint density at radius 1 is 0.926 bits per heavy atom. The summed E-state index contributed by atoms with van der Waals surface area (Å²) in [6, 6.07) is 20.8. The summed E-state index contributed by atoms with van der Waals surface area (Å²) in [5.41, 5.74) is 5.70. The van der Waals surface area contributed by atoms with Crippen molar-refractivity contribution >= 4 is 35.1 Å². The zero-order valence-electron chi connectivity index (χ0n) is 14.7. The van der Waals surface area contributed by atoms with Crippen LogP contribution in [0.3, 0.4) is 0 Å². The van der Waals surface area contributed by atoms with Crippen LogP contribution in [0.2, 0.25) is 10.0 Å². The second-order valence-electron chi connectivity index (χ2n) is 5.68. The molecule has 4 nitrogen and oxygen atoms in total. The molecule has 138 valence electrons. The number of hydrazone groups is 1. The van der Waals surface area contributed by atoms with E-state index in [0.717, 1.165) is 16.8 Å². The number of methoxy groups -OCH3 is 1. The van der Waals surface area contributed by atoms with E-state index in [2.05, 4.69) is 10.5 Å². The van der Waals surface area contributed by atoms with Gasteiger partial charge in [0.1, 0.15) is 6.61 Å². The summed E-state index contributed by atoms with van der Waals surface area (Å²) in [7, 11) is 1.60. The molecular weight excluding hydrogens is 383 g/mol. The number of hydrogen-bond acceptors (Lipinski definition) is 4. The van der Waals surface area contributed by atoms with Gasteiger partial charge in [0, 0.05) is 0 Å². The van der Waals surface area contributed by atoms with Crippen molar-refractivity contribution in [3.8, 4) is 11.5 Å². The quantitative estimate of drug-likeness (QED) is 0.389. The number of para-hydroxylation sites is 1. The number of hydrogen-bond donors (Lipinski definition) is 1. The fraction of sp³-hybridized carbons (Fsp3) is 0.0952. The summed E-state index contributed by atoms with van der Waals surface area (Å²) in [6.07, 6.45) is 1.72. The van der Waals surface area contributed by atoms with Crippen molar-refractivity contribution in [2.24, 2.45) is 5.10 Å². The van der Waals surface area contributed by atoms with Gasteiger partial charge in [-0.25, -0.2) is 0 Å². The van der Waals surface area contributed by atoms with Crippen molar-refractivity contribution in [3.05, 3.63) is 87.9 Å². The fourth-order valence-electron chi connectivity index (χ4n) is 2.37. The largest absolute Gasteiger partial charge is 0.493 e. The third-order valence-electron chi connectivity index (χ3n) is 3.75. The van der Waals surface area contributed by atoms with Gasteiger partial charge in [-0.3, -0.25) is 5.43 Å². The van der Waals surface area contributed by atoms with Gasteiger partial charge in [-0.15, -0.1) is 0 Å². The monoisotopic (exact) mass is 400 g/mol. The first-order chi connectivity index (χ1) is 13.2. The summed E-state index contributed by atoms with van der Waals surface area (Å²) in [5, 5.41) is 5.25. The Hall–Kier alpha value is -2.69. The Morgan fingerprint density at radius 2 is 1.74 bits per heavy atom. The van der Waals surface area contributed by atoms with Crippen LogP contribution in [-0.4, -0.2) is 13.3 Å². The molecule has 0 unspecified atom stereocenters. The maximum atomic E-state index is 6.04. The lowest BCUT2D eigenvalue weighted by Crippen LogP contribution is -1.99. The molecule has 0 radical (unpaired) electrons. The highest BCUT2D eigenvalue weighted by atomic mass is 35.5. The number of anilines is 1. The van der Waals surface area contributed by atoms with Crippen LogP contribution in [0.4, 0.5) is 5.69 Å². The van der Waals surface area contributed by atoms with Gasteiger partial charge in [-0.05, 0) is 53.6 Å². The molecule has 0 spiro atoms. The van der Waals surface area contributed by atoms with E-state index >= 15 is 0 Å². The lowest BCUT2D eigenvalue weighted by Gasteiger charge is -2.11. The lowest BCUT2D eigenvalue weighted by atomic mass is 10.2. The van der Waals surface area contributed by atoms with Crippen LogP contribution in [0, 0.1) is 0 Å². The number of benzene rings is 3. The topological polar surface area (TPSA) is 42.8 Å². The first-order valence-electron chi connectivity index (χ1n) is 8.24. The molecule has 0 atom stereocenters. The standard InChI is InChI=1S/C21H18Cl2N2O2/c1-26-21-12-15(13-24-25-17-5-3-2-4-6-17)8-10-20(21)27-14-16-7-9-18(22)19(23)11-16/h2-13,25H,14H2,1H3/b24-13+. The summed E-state index contributed by atoms with van der Waals surface area (Å²) >= 11 is 12.0. The van der Waals surface area contributed by atoms with E-state index in [9.17, 15) is 0 Å². The van der Waals surface area contributed by atoms with Gasteiger partial charge < -0.3 is 9.47 Å². The Kier molecular flexibility index (Phi) is 6.58. The summed E-state index contributed by atoms with van der Waals surface area (Å²) in [5.74, 6) is 1.26. The molecule has 3 rings (SSSR count). The molecule has 0 aliphatic heterocycles. The second-order valence-corrected chi connectivity index (χ2v) is 6.50. The van der Waals surface area contributed by atoms with E-state index < -0.39 is 0 Å². The van der Waals surface area contributed by atoms with E-state index in [4.69, 9.17) is 32.7 Å². The molecule has 0 fully saturated rings. The van der Waals surface area contributed by atoms with Crippen LogP contribution in [0.25, 0.3) is 0 Å². The molecule has 0 saturated heterocycles. The van der Waals surface area contributed by atoms with Gasteiger partial charge in [0.05, 0.1) is 29.1 Å². The lowest BCUT2D eigenvalue weighted by molar-refractivity contribution is 0.284. The summed E-state index contributed by atoms with van der Waals surface area (Å²) in [6.45, 7) is 0.357. The zero-order chi connectivity index (χ0) is 19.1. The summed E-state index contributed by atoms with van der Waals surface area (Å²) in [4.78, 5) is 0. The smallest absolute Gasteiger partial charge is 0.161 e. The average Bonchev–Trinajstić information content (AvgIpc) is 2.70. The van der Waals surface area contributed by atoms with Crippen LogP contribution in [0.1, 0.15) is 11.1 Å². The van der Waals surface area contributed by atoms with Crippen LogP contribution in [-0.2, 0) is 6.61 Å². The molecule has 0 amide bonds. The number of nitrogens with zero attached hydrogens (tertiary/aromatic N) is 1. The Balaban J connectivity index is 1.65. The van der Waals surface area contributed by atoms with Gasteiger partial charge in [-0.2, -0.15) is 5.10 Å². The highest BCUT2D eigenvalue weighted by Crippen LogP contribution is 2.29. The SMILES string of the molecule is COc1cc(/C=N/Nc2ccccc2)ccc1OCc1ccc(Cl)c(Cl)c1. The van der Waals surface area contributed by atoms with Crippen LogP contribution < -0.4 is 14.9 Å². The molecule has 0 heterocycles. The fourth-order valence-corrected chi connectivity index (χ4v) is 2.69. The number of nitrogens with one attached hydrogen (secondary N) is 1. The molecular formula is C21H18Cl2N2O2. The van der Waals surface area contributed by atoms with E-state index in [-0.39, 0.29) is 0 Å². The van der Waals surface area contributed by atoms with Crippen LogP contribution in [0.5, 0.6) is 11.5 Å². The molecule has 3 aromatic rings. The first kappa shape index (κ1) is 19.1. The average molecular weight is 401 g/mol. The molecule has 0 saturated carbocycles. The normalized spacial score (nSPS) is 10.8. The van der Waals surface area contributed by atoms with Gasteiger partial charge in [0.2, 0.25) is 0 Å². The molecule has 3 aromatic carbocycles. The molecule has 6 heteroatoms. The third-order valence-corrected chi connectivity index (χ3v) is 4.49. The number of ether oxygens (including phenoxy) is 2. The van der Waals surface area contributed by atoms with Gasteiger partial charge in [0.15, 0.2) is 11.5 Å². The summed E-state index contributed by atoms with van der Waals surface area (Å²) < 4.78 is 11.3. The van der Waals surface area contributed by atoms with Gasteiger partial charge >= 0.3 is 0 Å². The number of halogens is 2. The van der Waals surface area contributed by atoms with Crippen molar-refractivity contribution in [2.75, 3.05) is 12.5 Å². The van der Waals surface area contributed by atoms with E-state index in [1.54, 1.807) is 25.5 Å². The van der Waals surface area contributed by atoms with Crippen molar-refractivity contribution in [1.29, 1.82) is 0 Å². The minimum atomic E-state index is 0.357. The molecule has 27 heavy (non-hydrogen) atoms. The van der Waals surface area contributed by atoms with Crippen LogP contribution >= 0.6 is 23.2 Å². The highest BCUT2D eigenvalue weighted by molar-refractivity contribution is 6.42. The van der Waals surface area contributed by atoms with E-state index in [1.165, 1.54) is 0 Å². The Bertz CT molecular complexity index is 931. The Morgan fingerprint density at radius 3 is 2.48 bits per heavy atom. The molecule has 0 aromatic heterocycles. The molecule has 1 N–H and O–H groups in total. The van der Waals surface area contributed by atoms with Crippen molar-refractivity contribution in [1.82, 2.24) is 0 Å². The minimum absolute atomic E-state index is 0.357. The van der Waals surface area contributed by atoms with E-state index in [0.29, 0.717) is 28.2 Å². The number of rotatable bonds is 7. The van der Waals surface area contributed by atoms with Gasteiger partial charge in [-0.1, -0.05) is 47.5 Å². The highest BCUT2D eigenvalue weighted by Gasteiger charge is 2.07. The third kappa shape index (κ3) is 5.39. The maximum absolute atomic E-state index is 6.04. The second kappa shape index (κ2) is 9.31. The minimum Gasteiger partial charge on any atom is -0.493 e. The Labute approximate surface area is 168 Å². The first-order valence-corrected chi connectivity index (χ1v) is 9.00.